The zero-order chi connectivity index (χ0) is 41.2. The van der Waals surface area contributed by atoms with Crippen LogP contribution in [-0.4, -0.2) is 111 Å². The molecule has 7 amide bonds. The Morgan fingerprint density at radius 3 is 1.89 bits per heavy atom. The van der Waals surface area contributed by atoms with Crippen molar-refractivity contribution in [2.24, 2.45) is 17.4 Å². The first-order valence-electron chi connectivity index (χ1n) is 17.9. The highest BCUT2D eigenvalue weighted by molar-refractivity contribution is 5.98. The molecule has 1 fully saturated rings. The number of carbonyl (C=O) groups is 9. The van der Waals surface area contributed by atoms with Crippen molar-refractivity contribution in [3.63, 3.8) is 0 Å². The second kappa shape index (κ2) is 22.4. The summed E-state index contributed by atoms with van der Waals surface area (Å²) in [6, 6.07) is -2.64. The maximum Gasteiger partial charge on any atom is 0.326 e. The van der Waals surface area contributed by atoms with E-state index in [9.17, 15) is 58.5 Å². The molecule has 304 valence electrons. The third-order valence-electron chi connectivity index (χ3n) is 8.54. The monoisotopic (exact) mass is 776 g/mol. The molecular formula is C35H52N8O12. The summed E-state index contributed by atoms with van der Waals surface area (Å²) in [5.74, 6) is -8.87. The summed E-state index contributed by atoms with van der Waals surface area (Å²) >= 11 is 0. The summed E-state index contributed by atoms with van der Waals surface area (Å²) in [4.78, 5) is 114. The molecule has 0 unspecified atom stereocenters. The van der Waals surface area contributed by atoms with Gasteiger partial charge >= 0.3 is 11.9 Å². The lowest BCUT2D eigenvalue weighted by Crippen LogP contribution is -2.60. The van der Waals surface area contributed by atoms with Gasteiger partial charge in [0.2, 0.25) is 41.4 Å². The number of rotatable bonds is 24. The Hall–Kier alpha value is -5.79. The van der Waals surface area contributed by atoms with Crippen molar-refractivity contribution in [2.45, 2.75) is 114 Å². The van der Waals surface area contributed by atoms with Crippen molar-refractivity contribution in [1.82, 2.24) is 31.9 Å². The van der Waals surface area contributed by atoms with E-state index in [1.165, 1.54) is 24.3 Å². The van der Waals surface area contributed by atoms with Crippen LogP contribution in [0.2, 0.25) is 0 Å². The number of amides is 7. The van der Waals surface area contributed by atoms with Gasteiger partial charge < -0.3 is 58.7 Å². The lowest BCUT2D eigenvalue weighted by atomic mass is 10.00. The van der Waals surface area contributed by atoms with Crippen LogP contribution in [0.5, 0.6) is 5.75 Å². The molecule has 0 spiro atoms. The van der Waals surface area contributed by atoms with Crippen LogP contribution in [0, 0.1) is 5.92 Å². The van der Waals surface area contributed by atoms with Crippen molar-refractivity contribution in [3.05, 3.63) is 29.8 Å². The number of phenols is 1. The predicted molar refractivity (Wildman–Crippen MR) is 193 cm³/mol. The molecule has 1 saturated heterocycles. The fourth-order valence-corrected chi connectivity index (χ4v) is 5.65. The van der Waals surface area contributed by atoms with E-state index in [2.05, 4.69) is 31.9 Å². The van der Waals surface area contributed by atoms with E-state index in [-0.39, 0.29) is 56.2 Å². The van der Waals surface area contributed by atoms with Gasteiger partial charge in [-0.15, -0.1) is 0 Å². The molecule has 0 saturated carbocycles. The third-order valence-corrected chi connectivity index (χ3v) is 8.54. The van der Waals surface area contributed by atoms with Crippen molar-refractivity contribution in [3.8, 4) is 5.75 Å². The topological polar surface area (TPSA) is 339 Å². The zero-order valence-electron chi connectivity index (χ0n) is 30.8. The Kier molecular flexibility index (Phi) is 18.5. The van der Waals surface area contributed by atoms with Crippen LogP contribution in [0.15, 0.2) is 24.3 Å². The molecular weight excluding hydrogens is 724 g/mol. The van der Waals surface area contributed by atoms with E-state index < -0.39 is 103 Å². The number of hydrogen-bond donors (Lipinski definition) is 11. The van der Waals surface area contributed by atoms with Gasteiger partial charge in [0.05, 0.1) is 6.42 Å². The van der Waals surface area contributed by atoms with E-state index in [0.717, 1.165) is 0 Å². The fraction of sp³-hybridized carbons (Fsp3) is 0.571. The van der Waals surface area contributed by atoms with Crippen molar-refractivity contribution >= 4 is 53.3 Å². The minimum Gasteiger partial charge on any atom is -0.508 e. The molecule has 0 bridgehead atoms. The molecule has 1 aliphatic heterocycles. The Bertz CT molecular complexity index is 1550. The molecule has 1 aromatic carbocycles. The maximum absolute atomic E-state index is 13.9. The number of aliphatic carboxylic acids is 2. The SMILES string of the molecule is CC(C)C[C@H](NC(=O)[C@@H]1CCC(=O)N1)C(=O)N[C@H](Cc1ccc(O)cc1)C(=O)N[C@H](CCC(=O)O)C(=O)N[C@H](CC(N)=O)C(=O)N[C@H](CCCCN)C(=O)O. The summed E-state index contributed by atoms with van der Waals surface area (Å²) in [6.45, 7) is 3.87. The quantitative estimate of drug-likeness (QED) is 0.0490. The summed E-state index contributed by atoms with van der Waals surface area (Å²) in [6.07, 6.45) is -0.869. The maximum atomic E-state index is 13.9. The van der Waals surface area contributed by atoms with E-state index in [1.54, 1.807) is 13.8 Å². The minimum absolute atomic E-state index is 0.0141. The Labute approximate surface area is 317 Å². The third kappa shape index (κ3) is 16.4. The molecule has 2 rings (SSSR count). The second-order valence-corrected chi connectivity index (χ2v) is 13.7. The number of benzene rings is 1. The van der Waals surface area contributed by atoms with Crippen LogP contribution in [0.3, 0.4) is 0 Å². The fourth-order valence-electron chi connectivity index (χ4n) is 5.65. The number of primary amides is 1. The smallest absolute Gasteiger partial charge is 0.326 e. The molecule has 20 nitrogen and oxygen atoms in total. The van der Waals surface area contributed by atoms with E-state index in [4.69, 9.17) is 11.5 Å². The summed E-state index contributed by atoms with van der Waals surface area (Å²) in [5.41, 5.74) is 11.2. The standard InChI is InChI=1S/C35H52N8O12/c1-18(2)15-24(41-30(49)21-10-12-28(46)38-21)32(51)42-25(16-19-6-8-20(44)9-7-19)33(52)39-22(11-13-29(47)48)31(50)43-26(17-27(37)45)34(53)40-23(35(54)55)5-3-4-14-36/h6-9,18,21-26,44H,3-5,10-17,36H2,1-2H3,(H2,37,45)(H,38,46)(H,39,52)(H,40,53)(H,41,49)(H,42,51)(H,43,50)(H,47,48)(H,54,55)/t21-,22+,23+,24-,25+,26+/m0/s1. The molecule has 0 aromatic heterocycles. The normalized spacial score (nSPS) is 16.4. The molecule has 13 N–H and O–H groups in total. The van der Waals surface area contributed by atoms with Crippen molar-refractivity contribution < 1.29 is 58.5 Å². The lowest BCUT2D eigenvalue weighted by Gasteiger charge is -2.27. The van der Waals surface area contributed by atoms with E-state index in [1.807, 2.05) is 0 Å². The van der Waals surface area contributed by atoms with Gasteiger partial charge in [0.1, 0.15) is 42.0 Å². The van der Waals surface area contributed by atoms with Gasteiger partial charge in [-0.2, -0.15) is 0 Å². The highest BCUT2D eigenvalue weighted by Gasteiger charge is 2.35. The van der Waals surface area contributed by atoms with Crippen LogP contribution < -0.4 is 43.4 Å². The van der Waals surface area contributed by atoms with E-state index in [0.29, 0.717) is 18.4 Å². The largest absolute Gasteiger partial charge is 0.508 e. The average molecular weight is 777 g/mol. The molecule has 55 heavy (non-hydrogen) atoms. The Morgan fingerprint density at radius 2 is 1.35 bits per heavy atom. The summed E-state index contributed by atoms with van der Waals surface area (Å²) in [5, 5.41) is 43.4. The van der Waals surface area contributed by atoms with Gasteiger partial charge in [-0.3, -0.25) is 38.4 Å². The number of carbonyl (C=O) groups excluding carboxylic acids is 7. The average Bonchev–Trinajstić information content (AvgIpc) is 3.55. The van der Waals surface area contributed by atoms with Crippen molar-refractivity contribution in [1.29, 1.82) is 0 Å². The van der Waals surface area contributed by atoms with Crippen LogP contribution in [-0.2, 0) is 49.6 Å². The van der Waals surface area contributed by atoms with E-state index >= 15 is 0 Å². The molecule has 1 aliphatic rings. The zero-order valence-corrected chi connectivity index (χ0v) is 30.8. The number of carboxylic acid groups (broad SMARTS) is 2. The molecule has 0 aliphatic carbocycles. The van der Waals surface area contributed by atoms with Crippen LogP contribution in [0.1, 0.15) is 77.2 Å². The van der Waals surface area contributed by atoms with Gasteiger partial charge in [-0.05, 0) is 68.7 Å². The Morgan fingerprint density at radius 1 is 0.782 bits per heavy atom. The van der Waals surface area contributed by atoms with Gasteiger partial charge in [-0.25, -0.2) is 4.79 Å². The number of aromatic hydroxyl groups is 1. The lowest BCUT2D eigenvalue weighted by molar-refractivity contribution is -0.142. The minimum atomic E-state index is -1.72. The number of hydrogen-bond acceptors (Lipinski definition) is 11. The van der Waals surface area contributed by atoms with Gasteiger partial charge in [0.15, 0.2) is 0 Å². The molecule has 1 heterocycles. The van der Waals surface area contributed by atoms with Gasteiger partial charge in [0.25, 0.3) is 0 Å². The number of nitrogens with one attached hydrogen (secondary N) is 6. The van der Waals surface area contributed by atoms with Crippen LogP contribution in [0.25, 0.3) is 0 Å². The summed E-state index contributed by atoms with van der Waals surface area (Å²) in [7, 11) is 0. The van der Waals surface area contributed by atoms with Crippen molar-refractivity contribution in [2.75, 3.05) is 6.54 Å². The first kappa shape index (κ1) is 45.4. The molecule has 1 aromatic rings. The van der Waals surface area contributed by atoms with Gasteiger partial charge in [0, 0.05) is 19.3 Å². The number of phenolic OH excluding ortho intramolecular Hbond substituents is 1. The summed E-state index contributed by atoms with van der Waals surface area (Å²) < 4.78 is 0. The van der Waals surface area contributed by atoms with Gasteiger partial charge in [-0.1, -0.05) is 26.0 Å². The molecule has 20 heteroatoms. The first-order chi connectivity index (χ1) is 25.9. The number of carboxylic acids is 2. The predicted octanol–water partition coefficient (Wildman–Crippen LogP) is -2.36. The second-order valence-electron chi connectivity index (χ2n) is 13.7. The highest BCUT2D eigenvalue weighted by Crippen LogP contribution is 2.14. The van der Waals surface area contributed by atoms with Crippen LogP contribution >= 0.6 is 0 Å². The number of nitrogens with two attached hydrogens (primary N) is 2. The highest BCUT2D eigenvalue weighted by atomic mass is 16.4. The van der Waals surface area contributed by atoms with Crippen LogP contribution in [0.4, 0.5) is 0 Å². The Balaban J connectivity index is 2.37. The molecule has 0 radical (unpaired) electrons. The first-order valence-corrected chi connectivity index (χ1v) is 17.9. The number of unbranched alkanes of at least 4 members (excludes halogenated alkanes) is 1. The molecule has 6 atom stereocenters.